The molecule has 1 nitrogen and oxygen atoms in total. The van der Waals surface area contributed by atoms with Crippen LogP contribution in [0.5, 0.6) is 0 Å². The Morgan fingerprint density at radius 1 is 0.600 bits per heavy atom. The maximum atomic E-state index is 7.50. The van der Waals surface area contributed by atoms with Crippen molar-refractivity contribution in [1.82, 2.24) is 0 Å². The fourth-order valence-corrected chi connectivity index (χ4v) is 34.2. The summed E-state index contributed by atoms with van der Waals surface area (Å²) in [5, 5.41) is 0. The molecule has 0 saturated carbocycles. The first-order valence-electron chi connectivity index (χ1n) is 9.23. The summed E-state index contributed by atoms with van der Waals surface area (Å²) in [5.74, 6) is 4.93. The van der Waals surface area contributed by atoms with E-state index < -0.39 is 27.2 Å². The van der Waals surface area contributed by atoms with Crippen LogP contribution in [0.2, 0.25) is 20.0 Å². The summed E-state index contributed by atoms with van der Waals surface area (Å²) in [6, 6.07) is 21.9. The van der Waals surface area contributed by atoms with Crippen molar-refractivity contribution >= 4 is 36.0 Å². The molecule has 0 radical (unpaired) electrons. The van der Waals surface area contributed by atoms with Crippen molar-refractivity contribution in [3.8, 4) is 0 Å². The van der Waals surface area contributed by atoms with E-state index in [1.807, 2.05) is 0 Å². The van der Waals surface area contributed by atoms with Gasteiger partial charge in [0.15, 0.2) is 0 Å². The van der Waals surface area contributed by atoms with Crippen molar-refractivity contribution in [2.24, 2.45) is 0 Å². The molecule has 136 valence electrons. The molecular formula is C22H34Ge2O. The molecular weight excluding hydrogens is 425 g/mol. The zero-order valence-electron chi connectivity index (χ0n) is 17.2. The van der Waals surface area contributed by atoms with Crippen molar-refractivity contribution < 1.29 is 2.79 Å². The van der Waals surface area contributed by atoms with Crippen LogP contribution in [0.15, 0.2) is 60.7 Å². The molecule has 2 aromatic rings. The van der Waals surface area contributed by atoms with Gasteiger partial charge in [0, 0.05) is 0 Å². The molecule has 0 N–H and O–H groups in total. The van der Waals surface area contributed by atoms with Gasteiger partial charge in [0.1, 0.15) is 0 Å². The van der Waals surface area contributed by atoms with Crippen LogP contribution >= 0.6 is 0 Å². The van der Waals surface area contributed by atoms with E-state index in [2.05, 4.69) is 114 Å². The molecule has 0 heterocycles. The van der Waals surface area contributed by atoms with Crippen LogP contribution in [0, 0.1) is 0 Å². The summed E-state index contributed by atoms with van der Waals surface area (Å²) in [4.78, 5) is 0. The van der Waals surface area contributed by atoms with E-state index in [1.165, 1.54) is 8.79 Å². The third-order valence-corrected chi connectivity index (χ3v) is 34.6. The standard InChI is InChI=1S/C22H34Ge2O/c1-21(2,3)24(8,22(4,5)6)25-23(7,19-15-11-9-12-16-19)20-17-13-10-14-18-20/h9-18H,1-8H3. The van der Waals surface area contributed by atoms with Crippen molar-refractivity contribution in [3.05, 3.63) is 60.7 Å². The van der Waals surface area contributed by atoms with Gasteiger partial charge < -0.3 is 0 Å². The van der Waals surface area contributed by atoms with Crippen molar-refractivity contribution in [1.29, 1.82) is 0 Å². The third kappa shape index (κ3) is 4.09. The average molecular weight is 460 g/mol. The summed E-state index contributed by atoms with van der Waals surface area (Å²) in [6.45, 7) is 14.3. The normalized spacial score (nSPS) is 13.8. The molecule has 2 rings (SSSR count). The summed E-state index contributed by atoms with van der Waals surface area (Å²) in [7, 11) is 0. The Bertz CT molecular complexity index is 628. The molecule has 0 amide bonds. The Balaban J connectivity index is 2.65. The van der Waals surface area contributed by atoms with E-state index in [0.717, 1.165) is 0 Å². The minimum atomic E-state index is -2.92. The summed E-state index contributed by atoms with van der Waals surface area (Å²) in [6.07, 6.45) is 0. The van der Waals surface area contributed by atoms with Gasteiger partial charge in [-0.15, -0.1) is 0 Å². The molecule has 0 unspecified atom stereocenters. The quantitative estimate of drug-likeness (QED) is 0.543. The molecule has 0 spiro atoms. The predicted molar refractivity (Wildman–Crippen MR) is 116 cm³/mol. The Morgan fingerprint density at radius 2 is 0.920 bits per heavy atom. The van der Waals surface area contributed by atoms with Crippen LogP contribution in [0.25, 0.3) is 0 Å². The predicted octanol–water partition coefficient (Wildman–Crippen LogP) is 5.57. The molecule has 0 aromatic heterocycles. The summed E-state index contributed by atoms with van der Waals surface area (Å²) < 4.78 is 10.8. The van der Waals surface area contributed by atoms with Gasteiger partial charge in [0.25, 0.3) is 0 Å². The zero-order chi connectivity index (χ0) is 18.9. The van der Waals surface area contributed by atoms with Crippen LogP contribution in [0.3, 0.4) is 0 Å². The van der Waals surface area contributed by atoms with E-state index in [9.17, 15) is 0 Å². The molecule has 0 saturated heterocycles. The first-order chi connectivity index (χ1) is 11.4. The monoisotopic (exact) mass is 462 g/mol. The van der Waals surface area contributed by atoms with Gasteiger partial charge in [0.2, 0.25) is 0 Å². The Morgan fingerprint density at radius 3 is 1.20 bits per heavy atom. The molecule has 0 fully saturated rings. The Hall–Kier alpha value is -0.514. The second kappa shape index (κ2) is 7.24. The van der Waals surface area contributed by atoms with Crippen molar-refractivity contribution in [2.45, 2.75) is 61.5 Å². The second-order valence-electron chi connectivity index (χ2n) is 9.40. The van der Waals surface area contributed by atoms with E-state index >= 15 is 0 Å². The second-order valence-corrected chi connectivity index (χ2v) is 29.4. The Labute approximate surface area is 160 Å². The van der Waals surface area contributed by atoms with Gasteiger partial charge in [-0.05, 0) is 0 Å². The molecule has 3 heteroatoms. The van der Waals surface area contributed by atoms with Gasteiger partial charge in [-0.3, -0.25) is 0 Å². The van der Waals surface area contributed by atoms with Crippen LogP contribution in [0.4, 0.5) is 0 Å². The molecule has 2 aromatic carbocycles. The van der Waals surface area contributed by atoms with Crippen molar-refractivity contribution in [3.63, 3.8) is 0 Å². The molecule has 25 heavy (non-hydrogen) atoms. The van der Waals surface area contributed by atoms with E-state index in [1.54, 1.807) is 0 Å². The molecule has 0 atom stereocenters. The van der Waals surface area contributed by atoms with Crippen LogP contribution < -0.4 is 8.79 Å². The molecule has 0 aliphatic carbocycles. The van der Waals surface area contributed by atoms with E-state index in [-0.39, 0.29) is 8.49 Å². The first-order valence-corrected chi connectivity index (χ1v) is 19.3. The molecule has 0 aliphatic rings. The average Bonchev–Trinajstić information content (AvgIpc) is 2.54. The number of rotatable bonds is 4. The SMILES string of the molecule is C[C](C)(C)[Ge]([CH3])([O][Ge]([CH3])([c]1ccccc1)[c]1ccccc1)[C](C)(C)C. The van der Waals surface area contributed by atoms with E-state index in [0.29, 0.717) is 0 Å². The fraction of sp³-hybridized carbons (Fsp3) is 0.455. The summed E-state index contributed by atoms with van der Waals surface area (Å²) >= 11 is -5.62. The summed E-state index contributed by atoms with van der Waals surface area (Å²) in [5.41, 5.74) is 0. The maximum absolute atomic E-state index is 7.50. The first kappa shape index (κ1) is 20.8. The molecule has 0 bridgehead atoms. The van der Waals surface area contributed by atoms with Gasteiger partial charge in [-0.25, -0.2) is 0 Å². The van der Waals surface area contributed by atoms with Crippen LogP contribution in [0.1, 0.15) is 41.5 Å². The zero-order valence-corrected chi connectivity index (χ0v) is 21.4. The minimum absolute atomic E-state index is 0.217. The number of benzene rings is 2. The van der Waals surface area contributed by atoms with Crippen LogP contribution in [-0.4, -0.2) is 27.2 Å². The van der Waals surface area contributed by atoms with Crippen molar-refractivity contribution in [2.75, 3.05) is 0 Å². The third-order valence-electron chi connectivity index (χ3n) is 5.92. The fourth-order valence-electron chi connectivity index (χ4n) is 3.64. The van der Waals surface area contributed by atoms with Gasteiger partial charge in [0.05, 0.1) is 0 Å². The molecule has 0 aliphatic heterocycles. The van der Waals surface area contributed by atoms with E-state index in [4.69, 9.17) is 2.79 Å². The topological polar surface area (TPSA) is 9.23 Å². The van der Waals surface area contributed by atoms with Gasteiger partial charge in [-0.1, -0.05) is 0 Å². The van der Waals surface area contributed by atoms with Gasteiger partial charge >= 0.3 is 161 Å². The van der Waals surface area contributed by atoms with Gasteiger partial charge in [-0.2, -0.15) is 0 Å². The van der Waals surface area contributed by atoms with Crippen LogP contribution in [-0.2, 0) is 2.79 Å². The number of hydrogen-bond donors (Lipinski definition) is 0. The Kier molecular flexibility index (Phi) is 6.03. The number of hydrogen-bond acceptors (Lipinski definition) is 1.